The highest BCUT2D eigenvalue weighted by molar-refractivity contribution is 5.77. The van der Waals surface area contributed by atoms with Gasteiger partial charge in [0.1, 0.15) is 11.3 Å². The molecule has 0 saturated heterocycles. The molecule has 0 aliphatic rings. The monoisotopic (exact) mass is 340 g/mol. The molecule has 26 heavy (non-hydrogen) atoms. The lowest BCUT2D eigenvalue weighted by Crippen LogP contribution is -1.98. The van der Waals surface area contributed by atoms with Crippen LogP contribution in [0.3, 0.4) is 0 Å². The smallest absolute Gasteiger partial charge is 0.200 e. The van der Waals surface area contributed by atoms with E-state index in [1.165, 1.54) is 5.56 Å². The molecular formula is C23H20N2O. The first kappa shape index (κ1) is 17.3. The summed E-state index contributed by atoms with van der Waals surface area (Å²) in [6.07, 6.45) is 7.89. The van der Waals surface area contributed by atoms with Gasteiger partial charge in [-0.25, -0.2) is 4.98 Å². The van der Waals surface area contributed by atoms with Crippen molar-refractivity contribution in [3.05, 3.63) is 96.9 Å². The maximum absolute atomic E-state index is 5.57. The van der Waals surface area contributed by atoms with E-state index in [4.69, 9.17) is 4.74 Å². The van der Waals surface area contributed by atoms with Crippen molar-refractivity contribution >= 4 is 11.2 Å². The molecule has 3 heteroatoms. The minimum atomic E-state index is 0.677. The molecule has 0 radical (unpaired) electrons. The molecule has 2 heterocycles. The van der Waals surface area contributed by atoms with E-state index in [1.807, 2.05) is 40.8 Å². The molecule has 0 aliphatic heterocycles. The first-order valence-corrected chi connectivity index (χ1v) is 8.30. The van der Waals surface area contributed by atoms with Gasteiger partial charge in [0, 0.05) is 12.5 Å². The van der Waals surface area contributed by atoms with Gasteiger partial charge in [0.15, 0.2) is 0 Å². The zero-order chi connectivity index (χ0) is 18.4. The van der Waals surface area contributed by atoms with Gasteiger partial charge < -0.3 is 4.74 Å². The van der Waals surface area contributed by atoms with Gasteiger partial charge in [-0.15, -0.1) is 0 Å². The Labute approximate surface area is 154 Å². The van der Waals surface area contributed by atoms with Gasteiger partial charge >= 0.3 is 0 Å². The summed E-state index contributed by atoms with van der Waals surface area (Å²) in [5.41, 5.74) is 4.69. The molecule has 0 unspecified atom stereocenters. The summed E-state index contributed by atoms with van der Waals surface area (Å²) in [5.74, 6) is 7.08. The first-order chi connectivity index (χ1) is 12.8. The molecule has 3 aromatic rings. The Morgan fingerprint density at radius 2 is 2.04 bits per heavy atom. The van der Waals surface area contributed by atoms with Crippen molar-refractivity contribution in [3.8, 4) is 17.7 Å². The largest absolute Gasteiger partial charge is 0.482 e. The predicted octanol–water partition coefficient (Wildman–Crippen LogP) is 4.69. The number of imidazole rings is 1. The van der Waals surface area contributed by atoms with Crippen LogP contribution in [0.5, 0.6) is 5.88 Å². The number of ether oxygens (including phenoxy) is 1. The van der Waals surface area contributed by atoms with Crippen molar-refractivity contribution < 1.29 is 4.74 Å². The standard InChI is InChI=1S/C23H20N2O/c1-4-10-19(5-2)20-15-22-24-17-21(25(22)23(16-20)26-3)14-9-13-18-11-7-6-8-12-18/h4-8,10-12,15-17H,1-2,13H2,3H3/b19-10+. The quantitative estimate of drug-likeness (QED) is 0.497. The van der Waals surface area contributed by atoms with E-state index < -0.39 is 0 Å². The Bertz CT molecular complexity index is 1030. The third-order valence-corrected chi connectivity index (χ3v) is 3.98. The van der Waals surface area contributed by atoms with E-state index in [1.54, 1.807) is 25.5 Å². The van der Waals surface area contributed by atoms with Gasteiger partial charge in [0.2, 0.25) is 5.88 Å². The van der Waals surface area contributed by atoms with Crippen LogP contribution in [-0.2, 0) is 6.42 Å². The van der Waals surface area contributed by atoms with E-state index in [2.05, 4.69) is 42.1 Å². The minimum absolute atomic E-state index is 0.677. The summed E-state index contributed by atoms with van der Waals surface area (Å²) < 4.78 is 7.49. The number of pyridine rings is 1. The van der Waals surface area contributed by atoms with Gasteiger partial charge in [-0.2, -0.15) is 0 Å². The SMILES string of the molecule is C=C/C=C(\C=C)c1cc(OC)n2c(C#CCc3ccccc3)cnc2c1. The molecule has 0 bridgehead atoms. The molecule has 0 amide bonds. The molecule has 3 rings (SSSR count). The van der Waals surface area contributed by atoms with Crippen LogP contribution in [0.1, 0.15) is 16.8 Å². The Hall–Kier alpha value is -3.51. The van der Waals surface area contributed by atoms with Crippen LogP contribution in [0.4, 0.5) is 0 Å². The minimum Gasteiger partial charge on any atom is -0.482 e. The summed E-state index contributed by atoms with van der Waals surface area (Å²) in [7, 11) is 1.64. The highest BCUT2D eigenvalue weighted by Gasteiger charge is 2.10. The van der Waals surface area contributed by atoms with Gasteiger partial charge in [0.25, 0.3) is 0 Å². The molecule has 0 N–H and O–H groups in total. The maximum atomic E-state index is 5.57. The average molecular weight is 340 g/mol. The summed E-state index contributed by atoms with van der Waals surface area (Å²) in [6, 6.07) is 14.1. The molecule has 0 fully saturated rings. The van der Waals surface area contributed by atoms with Crippen LogP contribution < -0.4 is 4.74 Å². The lowest BCUT2D eigenvalue weighted by atomic mass is 10.1. The number of aromatic nitrogens is 2. The summed E-state index contributed by atoms with van der Waals surface area (Å²) in [4.78, 5) is 4.48. The van der Waals surface area contributed by atoms with Crippen molar-refractivity contribution in [2.45, 2.75) is 6.42 Å². The normalized spacial score (nSPS) is 10.9. The van der Waals surface area contributed by atoms with Gasteiger partial charge in [-0.1, -0.05) is 67.6 Å². The number of nitrogens with zero attached hydrogens (tertiary/aromatic N) is 2. The van der Waals surface area contributed by atoms with Crippen LogP contribution in [-0.4, -0.2) is 16.5 Å². The number of hydrogen-bond donors (Lipinski definition) is 0. The highest BCUT2D eigenvalue weighted by Crippen LogP contribution is 2.25. The Morgan fingerprint density at radius 3 is 2.73 bits per heavy atom. The lowest BCUT2D eigenvalue weighted by molar-refractivity contribution is 0.392. The number of hydrogen-bond acceptors (Lipinski definition) is 2. The zero-order valence-electron chi connectivity index (χ0n) is 14.8. The number of fused-ring (bicyclic) bond motifs is 1. The second-order valence-corrected chi connectivity index (χ2v) is 5.65. The topological polar surface area (TPSA) is 26.5 Å². The van der Waals surface area contributed by atoms with Crippen LogP contribution in [0, 0.1) is 11.8 Å². The molecule has 0 aliphatic carbocycles. The highest BCUT2D eigenvalue weighted by atomic mass is 16.5. The maximum Gasteiger partial charge on any atom is 0.200 e. The van der Waals surface area contributed by atoms with Gasteiger partial charge in [-0.05, 0) is 28.7 Å². The third kappa shape index (κ3) is 3.60. The zero-order valence-corrected chi connectivity index (χ0v) is 14.8. The molecule has 128 valence electrons. The predicted molar refractivity (Wildman–Crippen MR) is 107 cm³/mol. The molecule has 2 aromatic heterocycles. The molecule has 0 spiro atoms. The van der Waals surface area contributed by atoms with E-state index >= 15 is 0 Å². The Morgan fingerprint density at radius 1 is 1.23 bits per heavy atom. The van der Waals surface area contributed by atoms with Crippen LogP contribution in [0.25, 0.3) is 11.2 Å². The third-order valence-electron chi connectivity index (χ3n) is 3.98. The van der Waals surface area contributed by atoms with E-state index in [0.717, 1.165) is 22.5 Å². The number of rotatable bonds is 5. The van der Waals surface area contributed by atoms with Crippen molar-refractivity contribution in [2.75, 3.05) is 7.11 Å². The number of benzene rings is 1. The molecule has 1 aromatic carbocycles. The van der Waals surface area contributed by atoms with Crippen LogP contribution in [0.15, 0.2) is 80.0 Å². The summed E-state index contributed by atoms with van der Waals surface area (Å²) >= 11 is 0. The molecular weight excluding hydrogens is 320 g/mol. The summed E-state index contributed by atoms with van der Waals surface area (Å²) in [5, 5.41) is 0. The van der Waals surface area contributed by atoms with Gasteiger partial charge in [-0.3, -0.25) is 4.40 Å². The summed E-state index contributed by atoms with van der Waals surface area (Å²) in [6.45, 7) is 7.61. The number of allylic oxidation sites excluding steroid dienone is 4. The number of methoxy groups -OCH3 is 1. The van der Waals surface area contributed by atoms with Crippen molar-refractivity contribution in [2.24, 2.45) is 0 Å². The molecule has 3 nitrogen and oxygen atoms in total. The van der Waals surface area contributed by atoms with Crippen LogP contribution in [0.2, 0.25) is 0 Å². The first-order valence-electron chi connectivity index (χ1n) is 8.30. The molecule has 0 atom stereocenters. The van der Waals surface area contributed by atoms with Crippen LogP contribution >= 0.6 is 0 Å². The fraction of sp³-hybridized carbons (Fsp3) is 0.0870. The Balaban J connectivity index is 2.00. The fourth-order valence-corrected chi connectivity index (χ4v) is 2.72. The lowest BCUT2D eigenvalue weighted by Gasteiger charge is -2.09. The van der Waals surface area contributed by atoms with Crippen molar-refractivity contribution in [3.63, 3.8) is 0 Å². The fourth-order valence-electron chi connectivity index (χ4n) is 2.72. The molecule has 0 saturated carbocycles. The van der Waals surface area contributed by atoms with Crippen molar-refractivity contribution in [1.29, 1.82) is 0 Å². The van der Waals surface area contributed by atoms with E-state index in [9.17, 15) is 0 Å². The van der Waals surface area contributed by atoms with E-state index in [0.29, 0.717) is 12.3 Å². The van der Waals surface area contributed by atoms with Gasteiger partial charge in [0.05, 0.1) is 13.3 Å². The Kier molecular flexibility index (Phi) is 5.36. The second-order valence-electron chi connectivity index (χ2n) is 5.65. The van der Waals surface area contributed by atoms with Crippen molar-refractivity contribution in [1.82, 2.24) is 9.38 Å². The average Bonchev–Trinajstić information content (AvgIpc) is 3.09. The van der Waals surface area contributed by atoms with E-state index in [-0.39, 0.29) is 0 Å². The second kappa shape index (κ2) is 8.04.